The van der Waals surface area contributed by atoms with Gasteiger partial charge in [-0.1, -0.05) is 6.08 Å². The quantitative estimate of drug-likeness (QED) is 0.494. The number of furan rings is 1. The van der Waals surface area contributed by atoms with Crippen LogP contribution in [0.3, 0.4) is 0 Å². The molecule has 9 heavy (non-hydrogen) atoms. The Bertz CT molecular complexity index is 197. The zero-order valence-corrected chi connectivity index (χ0v) is 4.87. The minimum Gasteiger partial charge on any atom is -0.472 e. The molecule has 0 aliphatic heterocycles. The van der Waals surface area contributed by atoms with E-state index < -0.39 is 0 Å². The van der Waals surface area contributed by atoms with Crippen LogP contribution in [0.1, 0.15) is 5.56 Å². The maximum absolute atomic E-state index is 5.18. The lowest BCUT2D eigenvalue weighted by Crippen LogP contribution is -1.75. The van der Waals surface area contributed by atoms with Crippen LogP contribution in [0.2, 0.25) is 0 Å². The van der Waals surface area contributed by atoms with E-state index in [9.17, 15) is 0 Å². The number of hydrogen-bond donors (Lipinski definition) is 0. The van der Waals surface area contributed by atoms with Gasteiger partial charge in [0.1, 0.15) is 0 Å². The Labute approximate surface area is 56.6 Å². The summed E-state index contributed by atoms with van der Waals surface area (Å²) in [5, 5.41) is 0.288. The Balaban J connectivity index is 2.80. The van der Waals surface area contributed by atoms with E-state index in [1.165, 1.54) is 0 Å². The highest BCUT2D eigenvalue weighted by Crippen LogP contribution is 2.02. The Hall–Kier alpha value is -0.850. The average Bonchev–Trinajstić information content (AvgIpc) is 2.15. The lowest BCUT2D eigenvalue weighted by molar-refractivity contribution is 0.567. The molecule has 1 rings (SSSR count). The summed E-state index contributed by atoms with van der Waals surface area (Å²) < 4.78 is 4.76. The van der Waals surface area contributed by atoms with Crippen molar-refractivity contribution in [3.63, 3.8) is 0 Å². The van der Waals surface area contributed by atoms with Crippen LogP contribution in [0, 0.1) is 0 Å². The van der Waals surface area contributed by atoms with Crippen LogP contribution >= 0.6 is 0 Å². The molecule has 0 saturated carbocycles. The van der Waals surface area contributed by atoms with Gasteiger partial charge in [-0.15, -0.1) is 0 Å². The fourth-order valence-corrected chi connectivity index (χ4v) is 0.550. The molecule has 1 aromatic heterocycles. The minimum atomic E-state index is 0.288. The van der Waals surface area contributed by atoms with Crippen molar-refractivity contribution in [2.75, 3.05) is 0 Å². The standard InChI is InChI=1S/C6H4B2O/c7-6(8)3-5-1-2-9-4-5/h1-4H. The molecule has 0 amide bonds. The molecule has 0 aromatic carbocycles. The fourth-order valence-electron chi connectivity index (χ4n) is 0.550. The molecule has 1 nitrogen and oxygen atoms in total. The lowest BCUT2D eigenvalue weighted by Gasteiger charge is -1.84. The Morgan fingerprint density at radius 1 is 1.56 bits per heavy atom. The highest BCUT2D eigenvalue weighted by Gasteiger charge is 1.85. The predicted molar refractivity (Wildman–Crippen MR) is 38.2 cm³/mol. The summed E-state index contributed by atoms with van der Waals surface area (Å²) in [6, 6.07) is 1.78. The summed E-state index contributed by atoms with van der Waals surface area (Å²) >= 11 is 0. The fraction of sp³-hybridized carbons (Fsp3) is 0. The van der Waals surface area contributed by atoms with Crippen molar-refractivity contribution in [2.24, 2.45) is 0 Å². The van der Waals surface area contributed by atoms with E-state index in [1.807, 2.05) is 0 Å². The van der Waals surface area contributed by atoms with E-state index in [0.29, 0.717) is 0 Å². The maximum atomic E-state index is 5.18. The molecular weight excluding hydrogens is 110 g/mol. The van der Waals surface area contributed by atoms with Crippen LogP contribution in [-0.2, 0) is 0 Å². The van der Waals surface area contributed by atoms with Crippen molar-refractivity contribution in [3.8, 4) is 0 Å². The second-order valence-corrected chi connectivity index (χ2v) is 1.70. The van der Waals surface area contributed by atoms with Gasteiger partial charge in [-0.3, -0.25) is 0 Å². The summed E-state index contributed by atoms with van der Waals surface area (Å²) in [4.78, 5) is 0. The molecule has 3 heteroatoms. The largest absolute Gasteiger partial charge is 0.472 e. The summed E-state index contributed by atoms with van der Waals surface area (Å²) in [6.07, 6.45) is 4.76. The van der Waals surface area contributed by atoms with Crippen LogP contribution in [-0.4, -0.2) is 15.7 Å². The molecule has 0 bridgehead atoms. The summed E-state index contributed by atoms with van der Waals surface area (Å²) in [5.74, 6) is 0. The van der Waals surface area contributed by atoms with Gasteiger partial charge in [0.15, 0.2) is 0 Å². The van der Waals surface area contributed by atoms with Crippen molar-refractivity contribution in [3.05, 3.63) is 29.5 Å². The average molecular weight is 114 g/mol. The second-order valence-electron chi connectivity index (χ2n) is 1.70. The van der Waals surface area contributed by atoms with Crippen molar-refractivity contribution in [2.45, 2.75) is 0 Å². The monoisotopic (exact) mass is 114 g/mol. The molecule has 0 unspecified atom stereocenters. The summed E-state index contributed by atoms with van der Waals surface area (Å²) in [6.45, 7) is 0. The van der Waals surface area contributed by atoms with E-state index in [1.54, 1.807) is 24.7 Å². The molecule has 0 saturated heterocycles. The van der Waals surface area contributed by atoms with Gasteiger partial charge in [0.2, 0.25) is 0 Å². The topological polar surface area (TPSA) is 13.1 Å². The normalized spacial score (nSPS) is 8.89. The highest BCUT2D eigenvalue weighted by atomic mass is 16.3. The van der Waals surface area contributed by atoms with Gasteiger partial charge in [0, 0.05) is 5.56 Å². The third kappa shape index (κ3) is 1.84. The SMILES string of the molecule is [B]C([B])=Cc1ccoc1. The third-order valence-corrected chi connectivity index (χ3v) is 0.877. The molecule has 0 spiro atoms. The first-order chi connectivity index (χ1) is 4.29. The van der Waals surface area contributed by atoms with Crippen molar-refractivity contribution in [1.29, 1.82) is 0 Å². The smallest absolute Gasteiger partial charge is 0.0974 e. The van der Waals surface area contributed by atoms with Crippen molar-refractivity contribution < 1.29 is 4.42 Å². The first-order valence-corrected chi connectivity index (χ1v) is 2.54. The summed E-state index contributed by atoms with van der Waals surface area (Å²) in [7, 11) is 10.4. The molecule has 40 valence electrons. The molecule has 0 N–H and O–H groups in total. The zero-order chi connectivity index (χ0) is 6.69. The third-order valence-electron chi connectivity index (χ3n) is 0.877. The first-order valence-electron chi connectivity index (χ1n) is 2.54. The van der Waals surface area contributed by atoms with E-state index in [-0.39, 0.29) is 5.37 Å². The van der Waals surface area contributed by atoms with Gasteiger partial charge in [-0.05, 0) is 6.07 Å². The Morgan fingerprint density at radius 3 is 2.78 bits per heavy atom. The Kier molecular flexibility index (Phi) is 1.83. The van der Waals surface area contributed by atoms with Crippen LogP contribution < -0.4 is 0 Å². The Morgan fingerprint density at radius 2 is 2.33 bits per heavy atom. The number of rotatable bonds is 1. The van der Waals surface area contributed by atoms with Gasteiger partial charge in [0.25, 0.3) is 0 Å². The van der Waals surface area contributed by atoms with E-state index >= 15 is 0 Å². The molecule has 1 heterocycles. The van der Waals surface area contributed by atoms with E-state index in [2.05, 4.69) is 0 Å². The first kappa shape index (κ1) is 6.27. The molecule has 0 atom stereocenters. The minimum absolute atomic E-state index is 0.288. The molecule has 1 aromatic rings. The maximum Gasteiger partial charge on any atom is 0.0974 e. The summed E-state index contributed by atoms with van der Waals surface area (Å²) in [5.41, 5.74) is 0.884. The molecule has 0 fully saturated rings. The van der Waals surface area contributed by atoms with Crippen LogP contribution in [0.25, 0.3) is 6.08 Å². The zero-order valence-electron chi connectivity index (χ0n) is 4.87. The van der Waals surface area contributed by atoms with Gasteiger partial charge in [0.05, 0.1) is 28.2 Å². The molecular formula is C6H4B2O. The van der Waals surface area contributed by atoms with E-state index in [4.69, 9.17) is 20.1 Å². The van der Waals surface area contributed by atoms with Gasteiger partial charge < -0.3 is 4.42 Å². The second kappa shape index (κ2) is 2.62. The molecule has 4 radical (unpaired) electrons. The predicted octanol–water partition coefficient (Wildman–Crippen LogP) is 0.915. The van der Waals surface area contributed by atoms with Crippen molar-refractivity contribution >= 4 is 21.8 Å². The van der Waals surface area contributed by atoms with E-state index in [0.717, 1.165) is 5.56 Å². The van der Waals surface area contributed by atoms with Crippen LogP contribution in [0.4, 0.5) is 0 Å². The van der Waals surface area contributed by atoms with Gasteiger partial charge >= 0.3 is 0 Å². The van der Waals surface area contributed by atoms with Crippen LogP contribution in [0.15, 0.2) is 28.4 Å². The van der Waals surface area contributed by atoms with Gasteiger partial charge in [-0.2, -0.15) is 5.37 Å². The number of hydrogen-bond acceptors (Lipinski definition) is 1. The van der Waals surface area contributed by atoms with Gasteiger partial charge in [-0.25, -0.2) is 0 Å². The molecule has 0 aliphatic rings. The van der Waals surface area contributed by atoms with Crippen LogP contribution in [0.5, 0.6) is 0 Å². The van der Waals surface area contributed by atoms with Crippen molar-refractivity contribution in [1.82, 2.24) is 0 Å². The highest BCUT2D eigenvalue weighted by molar-refractivity contribution is 6.50. The lowest BCUT2D eigenvalue weighted by atomic mass is 9.77. The molecule has 0 aliphatic carbocycles.